The topological polar surface area (TPSA) is 0 Å². The fourth-order valence-corrected chi connectivity index (χ4v) is 0. The van der Waals surface area contributed by atoms with Crippen LogP contribution in [0, 0.1) is 0 Å². The third-order valence-corrected chi connectivity index (χ3v) is 1.14. The van der Waals surface area contributed by atoms with Crippen molar-refractivity contribution in [1.82, 2.24) is 0 Å². The second-order valence-electron chi connectivity index (χ2n) is 1.07. The third kappa shape index (κ3) is 2.55. The lowest BCUT2D eigenvalue weighted by Gasteiger charge is -1.81. The van der Waals surface area contributed by atoms with Gasteiger partial charge < -0.3 is 0 Å². The predicted octanol–water partition coefficient (Wildman–Crippen LogP) is 2.72. The molecule has 36 valence electrons. The van der Waals surface area contributed by atoms with E-state index in [1.807, 2.05) is 0 Å². The summed E-state index contributed by atoms with van der Waals surface area (Å²) in [5.41, 5.74) is 0. The monoisotopic (exact) mass is 124 g/mol. The summed E-state index contributed by atoms with van der Waals surface area (Å²) < 4.78 is 0. The van der Waals surface area contributed by atoms with Gasteiger partial charge in [-0.2, -0.15) is 0 Å². The second kappa shape index (κ2) is 2.49. The van der Waals surface area contributed by atoms with Gasteiger partial charge in [0.15, 0.2) is 0 Å². The molecule has 0 spiro atoms. The zero-order chi connectivity index (χ0) is 5.15. The molecule has 0 heterocycles. The van der Waals surface area contributed by atoms with Crippen molar-refractivity contribution in [3.8, 4) is 0 Å². The first-order valence-electron chi connectivity index (χ1n) is 1.63. The summed E-state index contributed by atoms with van der Waals surface area (Å²) >= 11 is 10.7. The van der Waals surface area contributed by atoms with Gasteiger partial charge in [-0.05, 0) is 13.8 Å². The first-order valence-corrected chi connectivity index (χ1v) is 2.38. The van der Waals surface area contributed by atoms with Crippen LogP contribution in [0.25, 0.3) is 0 Å². The predicted molar refractivity (Wildman–Crippen MR) is 30.1 cm³/mol. The molecule has 6 heavy (non-hydrogen) atoms. The average molecular weight is 125 g/mol. The van der Waals surface area contributed by atoms with Gasteiger partial charge in [0.1, 0.15) is 0 Å². The summed E-state index contributed by atoms with van der Waals surface area (Å²) in [6, 6.07) is 0. The molecule has 0 bridgehead atoms. The molecule has 0 N–H and O–H groups in total. The minimum Gasteiger partial charge on any atom is -0.0882 e. The van der Waals surface area contributed by atoms with Gasteiger partial charge >= 0.3 is 0 Å². The molecule has 0 nitrogen and oxygen atoms in total. The Labute approximate surface area is 47.8 Å². The number of hydrogen-bond donors (Lipinski definition) is 0. The largest absolute Gasteiger partial charge is 0.0882 e. The molecule has 0 saturated carbocycles. The third-order valence-electron chi connectivity index (χ3n) is 0.475. The van der Waals surface area contributed by atoms with Crippen LogP contribution in [0.4, 0.5) is 0 Å². The van der Waals surface area contributed by atoms with Gasteiger partial charge in [0.05, 0.1) is 0 Å². The maximum Gasteiger partial charge on any atom is 0.0292 e. The Morgan fingerprint density at radius 1 is 1.00 bits per heavy atom. The molecule has 0 unspecified atom stereocenters. The van der Waals surface area contributed by atoms with Crippen molar-refractivity contribution in [1.29, 1.82) is 0 Å². The maximum atomic E-state index is 5.36. The maximum absolute atomic E-state index is 5.36. The van der Waals surface area contributed by atoms with Gasteiger partial charge in [-0.25, -0.2) is 0 Å². The highest BCUT2D eigenvalue weighted by molar-refractivity contribution is 6.38. The Morgan fingerprint density at radius 3 is 1.17 bits per heavy atom. The van der Waals surface area contributed by atoms with Gasteiger partial charge in [-0.3, -0.25) is 0 Å². The standard InChI is InChI=1S/C4H6Cl2/c1-3(5)4(2)6/h1-2H3/b4-3+. The first-order chi connectivity index (χ1) is 2.64. The lowest BCUT2D eigenvalue weighted by atomic mass is 10.6. The highest BCUT2D eigenvalue weighted by Crippen LogP contribution is 2.09. The Balaban J connectivity index is 3.68. The zero-order valence-corrected chi connectivity index (χ0v) is 5.27. The van der Waals surface area contributed by atoms with Gasteiger partial charge in [-0.15, -0.1) is 0 Å². The van der Waals surface area contributed by atoms with Crippen molar-refractivity contribution >= 4 is 23.2 Å². The molecular formula is C4H6Cl2. The van der Waals surface area contributed by atoms with Crippen molar-refractivity contribution in [3.63, 3.8) is 0 Å². The Kier molecular flexibility index (Phi) is 2.62. The Hall–Kier alpha value is 0.320. The molecule has 0 atom stereocenters. The van der Waals surface area contributed by atoms with E-state index in [4.69, 9.17) is 23.2 Å². The zero-order valence-electron chi connectivity index (χ0n) is 3.76. The van der Waals surface area contributed by atoms with Gasteiger partial charge in [0.2, 0.25) is 0 Å². The highest BCUT2D eigenvalue weighted by Gasteiger charge is 1.81. The van der Waals surface area contributed by atoms with Crippen LogP contribution < -0.4 is 0 Å². The van der Waals surface area contributed by atoms with E-state index < -0.39 is 0 Å². The summed E-state index contributed by atoms with van der Waals surface area (Å²) in [5, 5.41) is 1.33. The van der Waals surface area contributed by atoms with E-state index in [1.54, 1.807) is 13.8 Å². The lowest BCUT2D eigenvalue weighted by molar-refractivity contribution is 1.54. The first kappa shape index (κ1) is 6.32. The summed E-state index contributed by atoms with van der Waals surface area (Å²) in [7, 11) is 0. The summed E-state index contributed by atoms with van der Waals surface area (Å²) in [4.78, 5) is 0. The van der Waals surface area contributed by atoms with Crippen LogP contribution in [-0.2, 0) is 0 Å². The van der Waals surface area contributed by atoms with E-state index in [-0.39, 0.29) is 0 Å². The molecule has 0 aliphatic heterocycles. The summed E-state index contributed by atoms with van der Waals surface area (Å²) in [6.45, 7) is 3.51. The molecule has 0 aliphatic rings. The quantitative estimate of drug-likeness (QED) is 0.466. The molecule has 0 radical (unpaired) electrons. The van der Waals surface area contributed by atoms with Crippen molar-refractivity contribution in [2.24, 2.45) is 0 Å². The highest BCUT2D eigenvalue weighted by atomic mass is 35.5. The fourth-order valence-electron chi connectivity index (χ4n) is 0. The molecule has 0 rings (SSSR count). The Bertz CT molecular complexity index is 55.6. The molecule has 0 aromatic rings. The SMILES string of the molecule is C/C(Cl)=C(/C)Cl. The van der Waals surface area contributed by atoms with Crippen LogP contribution in [0.5, 0.6) is 0 Å². The summed E-state index contributed by atoms with van der Waals surface area (Å²) in [5.74, 6) is 0. The number of hydrogen-bond acceptors (Lipinski definition) is 0. The van der Waals surface area contributed by atoms with Crippen molar-refractivity contribution in [2.75, 3.05) is 0 Å². The van der Waals surface area contributed by atoms with Crippen molar-refractivity contribution in [3.05, 3.63) is 10.1 Å². The normalized spacial score (nSPS) is 14.0. The van der Waals surface area contributed by atoms with Crippen LogP contribution in [0.3, 0.4) is 0 Å². The fraction of sp³-hybridized carbons (Fsp3) is 0.500. The molecule has 2 heteroatoms. The van der Waals surface area contributed by atoms with E-state index in [9.17, 15) is 0 Å². The van der Waals surface area contributed by atoms with E-state index in [0.717, 1.165) is 0 Å². The van der Waals surface area contributed by atoms with Crippen LogP contribution in [-0.4, -0.2) is 0 Å². The van der Waals surface area contributed by atoms with E-state index in [0.29, 0.717) is 10.1 Å². The van der Waals surface area contributed by atoms with Crippen LogP contribution in [0.15, 0.2) is 10.1 Å². The average Bonchev–Trinajstić information content (AvgIpc) is 1.36. The van der Waals surface area contributed by atoms with E-state index in [1.165, 1.54) is 0 Å². The van der Waals surface area contributed by atoms with Crippen LogP contribution in [0.1, 0.15) is 13.8 Å². The van der Waals surface area contributed by atoms with Gasteiger partial charge in [-0.1, -0.05) is 23.2 Å². The molecular weight excluding hydrogens is 119 g/mol. The van der Waals surface area contributed by atoms with Crippen molar-refractivity contribution < 1.29 is 0 Å². The molecule has 0 aromatic carbocycles. The lowest BCUT2D eigenvalue weighted by Crippen LogP contribution is -1.57. The number of halogens is 2. The Morgan fingerprint density at radius 2 is 1.17 bits per heavy atom. The molecule has 0 amide bonds. The minimum atomic E-state index is 0.664. The minimum absolute atomic E-state index is 0.664. The second-order valence-corrected chi connectivity index (χ2v) is 2.20. The van der Waals surface area contributed by atoms with Gasteiger partial charge in [0.25, 0.3) is 0 Å². The molecule has 0 saturated heterocycles. The van der Waals surface area contributed by atoms with Crippen LogP contribution >= 0.6 is 23.2 Å². The van der Waals surface area contributed by atoms with Crippen molar-refractivity contribution in [2.45, 2.75) is 13.8 Å². The number of allylic oxidation sites excluding steroid dienone is 2. The summed E-state index contributed by atoms with van der Waals surface area (Å²) in [6.07, 6.45) is 0. The van der Waals surface area contributed by atoms with Crippen LogP contribution in [0.2, 0.25) is 0 Å². The van der Waals surface area contributed by atoms with E-state index >= 15 is 0 Å². The molecule has 0 aromatic heterocycles. The molecule has 0 aliphatic carbocycles. The number of rotatable bonds is 0. The molecule has 0 fully saturated rings. The smallest absolute Gasteiger partial charge is 0.0292 e. The van der Waals surface area contributed by atoms with E-state index in [2.05, 4.69) is 0 Å². The van der Waals surface area contributed by atoms with Gasteiger partial charge in [0, 0.05) is 10.1 Å².